The first kappa shape index (κ1) is 25.3. The molecule has 1 aliphatic heterocycles. The van der Waals surface area contributed by atoms with E-state index in [0.717, 1.165) is 12.1 Å². The summed E-state index contributed by atoms with van der Waals surface area (Å²) in [5.74, 6) is -2.47. The van der Waals surface area contributed by atoms with E-state index in [2.05, 4.69) is 16.3 Å². The van der Waals surface area contributed by atoms with Crippen molar-refractivity contribution in [1.82, 2.24) is 14.5 Å². The molecule has 1 N–H and O–H groups in total. The van der Waals surface area contributed by atoms with Gasteiger partial charge in [0.2, 0.25) is 15.9 Å². The molecule has 1 saturated carbocycles. The van der Waals surface area contributed by atoms with Crippen LogP contribution in [0.3, 0.4) is 0 Å². The number of aromatic amines is 1. The maximum Gasteiger partial charge on any atom is 0.434 e. The van der Waals surface area contributed by atoms with Gasteiger partial charge in [-0.15, -0.1) is 5.10 Å². The molecule has 1 saturated heterocycles. The molecule has 37 heavy (non-hydrogen) atoms. The Kier molecular flexibility index (Phi) is 6.50. The number of hydrogen-bond acceptors (Lipinski definition) is 6. The van der Waals surface area contributed by atoms with Crippen LogP contribution in [0.1, 0.15) is 66.9 Å². The minimum atomic E-state index is -3.83. The second-order valence-corrected chi connectivity index (χ2v) is 12.0. The Morgan fingerprint density at radius 1 is 1.19 bits per heavy atom. The summed E-state index contributed by atoms with van der Waals surface area (Å²) in [6.45, 7) is 1.46. The van der Waals surface area contributed by atoms with Crippen molar-refractivity contribution in [3.8, 4) is 6.07 Å². The molecule has 2 aromatic carbocycles. The van der Waals surface area contributed by atoms with E-state index in [4.69, 9.17) is 9.68 Å². The van der Waals surface area contributed by atoms with Crippen LogP contribution >= 0.6 is 0 Å². The number of sulfonamides is 1. The second kappa shape index (κ2) is 9.50. The highest BCUT2D eigenvalue weighted by molar-refractivity contribution is 7.89. The average molecular weight is 529 g/mol. The molecule has 194 valence electrons. The number of hydrogen-bond donors (Lipinski definition) is 1. The van der Waals surface area contributed by atoms with Crippen LogP contribution in [0, 0.1) is 28.9 Å². The van der Waals surface area contributed by atoms with E-state index in [1.54, 1.807) is 31.2 Å². The van der Waals surface area contributed by atoms with E-state index < -0.39 is 38.1 Å². The van der Waals surface area contributed by atoms with Crippen molar-refractivity contribution >= 4 is 10.0 Å². The normalized spacial score (nSPS) is 27.4. The Balaban J connectivity index is 1.48. The minimum Gasteiger partial charge on any atom is -0.392 e. The molecule has 1 aromatic heterocycles. The number of nitrogens with one attached hydrogen (secondary N) is 1. The van der Waals surface area contributed by atoms with E-state index in [9.17, 15) is 13.2 Å². The molecule has 8 nitrogen and oxygen atoms in total. The van der Waals surface area contributed by atoms with Crippen molar-refractivity contribution in [3.05, 3.63) is 87.2 Å². The van der Waals surface area contributed by atoms with Gasteiger partial charge in [0, 0.05) is 30.1 Å². The third-order valence-electron chi connectivity index (χ3n) is 7.68. The minimum absolute atomic E-state index is 0.0325. The lowest BCUT2D eigenvalue weighted by Gasteiger charge is -2.45. The van der Waals surface area contributed by atoms with Crippen molar-refractivity contribution in [3.63, 3.8) is 0 Å². The largest absolute Gasteiger partial charge is 0.434 e. The Bertz CT molecular complexity index is 1510. The zero-order valence-electron chi connectivity index (χ0n) is 20.2. The lowest BCUT2D eigenvalue weighted by molar-refractivity contribution is 0.144. The number of nitrogens with zero attached hydrogens (tertiary/aromatic N) is 3. The van der Waals surface area contributed by atoms with Crippen LogP contribution in [0.5, 0.6) is 0 Å². The predicted molar refractivity (Wildman–Crippen MR) is 130 cm³/mol. The quantitative estimate of drug-likeness (QED) is 0.509. The van der Waals surface area contributed by atoms with Crippen molar-refractivity contribution in [2.45, 2.75) is 62.3 Å². The van der Waals surface area contributed by atoms with Gasteiger partial charge < -0.3 is 4.42 Å². The highest BCUT2D eigenvalue weighted by atomic mass is 32.2. The first-order chi connectivity index (χ1) is 17.7. The maximum absolute atomic E-state index is 15.6. The Labute approximate surface area is 213 Å². The summed E-state index contributed by atoms with van der Waals surface area (Å²) in [6, 6.07) is 12.6. The van der Waals surface area contributed by atoms with Gasteiger partial charge in [-0.05, 0) is 56.2 Å². The molecule has 0 spiro atoms. The van der Waals surface area contributed by atoms with E-state index in [1.165, 1.54) is 4.31 Å². The van der Waals surface area contributed by atoms with E-state index >= 15 is 8.78 Å². The summed E-state index contributed by atoms with van der Waals surface area (Å²) in [7, 11) is -3.83. The van der Waals surface area contributed by atoms with E-state index in [-0.39, 0.29) is 54.8 Å². The van der Waals surface area contributed by atoms with Gasteiger partial charge in [-0.2, -0.15) is 9.57 Å². The van der Waals surface area contributed by atoms with Gasteiger partial charge in [0.15, 0.2) is 0 Å². The molecular weight excluding hydrogens is 502 g/mol. The number of nitriles is 1. The molecule has 0 radical (unpaired) electrons. The summed E-state index contributed by atoms with van der Waals surface area (Å²) in [4.78, 5) is 11.6. The monoisotopic (exact) mass is 528 g/mol. The van der Waals surface area contributed by atoms with Crippen molar-refractivity contribution in [1.29, 1.82) is 5.26 Å². The van der Waals surface area contributed by atoms with Gasteiger partial charge in [-0.1, -0.05) is 30.3 Å². The molecule has 2 fully saturated rings. The molecule has 3 aromatic rings. The molecule has 11 heteroatoms. The standard InChI is InChI=1S/C26H26F2N4O4S/c1-16-7-8-23(18-5-3-2-4-6-18)37(34,35)32(16)15-19-11-22(28)20(12-21(19)27)26(13-17(14-26)9-10-29)24-30-31-25(33)36-24/h2-6,11-12,16-17,23H,7-9,13-15H2,1H3,(H,31,33)/t16-,17-,23+,26+/m0/s1. The van der Waals surface area contributed by atoms with Gasteiger partial charge in [0.05, 0.1) is 11.5 Å². The average Bonchev–Trinajstić information content (AvgIpc) is 3.27. The maximum atomic E-state index is 15.6. The van der Waals surface area contributed by atoms with Gasteiger partial charge in [0.25, 0.3) is 0 Å². The summed E-state index contributed by atoms with van der Waals surface area (Å²) in [5.41, 5.74) is -0.639. The van der Waals surface area contributed by atoms with Crippen LogP contribution in [0.4, 0.5) is 8.78 Å². The summed E-state index contributed by atoms with van der Waals surface area (Å²) in [6.07, 6.45) is 1.79. The Morgan fingerprint density at radius 3 is 2.57 bits per heavy atom. The fraction of sp³-hybridized carbons (Fsp3) is 0.423. The third-order valence-corrected chi connectivity index (χ3v) is 10.0. The molecular formula is C26H26F2N4O4S. The molecule has 0 amide bonds. The molecule has 2 aliphatic rings. The van der Waals surface area contributed by atoms with Crippen LogP contribution in [-0.2, 0) is 22.0 Å². The summed E-state index contributed by atoms with van der Waals surface area (Å²) in [5, 5.41) is 14.3. The molecule has 1 aliphatic carbocycles. The third kappa shape index (κ3) is 4.38. The number of aromatic nitrogens is 2. The van der Waals surface area contributed by atoms with Crippen molar-refractivity contribution in [2.24, 2.45) is 5.92 Å². The molecule has 5 rings (SSSR count). The zero-order valence-corrected chi connectivity index (χ0v) is 21.0. The van der Waals surface area contributed by atoms with Crippen LogP contribution < -0.4 is 5.76 Å². The predicted octanol–water partition coefficient (Wildman–Crippen LogP) is 4.31. The summed E-state index contributed by atoms with van der Waals surface area (Å²) >= 11 is 0. The van der Waals surface area contributed by atoms with Gasteiger partial charge in [0.1, 0.15) is 16.9 Å². The Morgan fingerprint density at radius 2 is 1.92 bits per heavy atom. The first-order valence-electron chi connectivity index (χ1n) is 12.1. The van der Waals surface area contributed by atoms with Crippen molar-refractivity contribution in [2.75, 3.05) is 0 Å². The highest BCUT2D eigenvalue weighted by Crippen LogP contribution is 2.53. The first-order valence-corrected chi connectivity index (χ1v) is 13.6. The number of benzene rings is 2. The van der Waals surface area contributed by atoms with Gasteiger partial charge in [-0.3, -0.25) is 0 Å². The van der Waals surface area contributed by atoms with Gasteiger partial charge >= 0.3 is 5.76 Å². The topological polar surface area (TPSA) is 120 Å². The fourth-order valence-electron chi connectivity index (χ4n) is 5.74. The SMILES string of the molecule is C[C@H]1CC[C@H](c2ccccc2)S(=O)(=O)N1Cc1cc(F)c([C@]2(c3n[nH]c(=O)o3)C[C@@H](CC#N)C2)cc1F. The lowest BCUT2D eigenvalue weighted by Crippen LogP contribution is -2.45. The number of halogens is 2. The van der Waals surface area contributed by atoms with Crippen LogP contribution in [0.2, 0.25) is 0 Å². The Hall–Kier alpha value is -3.36. The molecule has 2 heterocycles. The van der Waals surface area contributed by atoms with E-state index in [1.807, 2.05) is 6.07 Å². The fourth-order valence-corrected chi connectivity index (χ4v) is 7.93. The molecule has 2 atom stereocenters. The van der Waals surface area contributed by atoms with Crippen LogP contribution in [-0.4, -0.2) is 29.0 Å². The highest BCUT2D eigenvalue weighted by Gasteiger charge is 2.52. The number of rotatable bonds is 6. The summed E-state index contributed by atoms with van der Waals surface area (Å²) < 4.78 is 64.5. The molecule has 0 unspecified atom stereocenters. The van der Waals surface area contributed by atoms with E-state index in [0.29, 0.717) is 18.4 Å². The van der Waals surface area contributed by atoms with Crippen molar-refractivity contribution < 1.29 is 21.6 Å². The zero-order chi connectivity index (χ0) is 26.4. The van der Waals surface area contributed by atoms with Gasteiger partial charge in [-0.25, -0.2) is 27.1 Å². The second-order valence-electron chi connectivity index (χ2n) is 9.98. The smallest absolute Gasteiger partial charge is 0.392 e. The number of H-pyrrole nitrogens is 1. The molecule has 0 bridgehead atoms. The van der Waals surface area contributed by atoms with Crippen LogP contribution in [0.25, 0.3) is 0 Å². The van der Waals surface area contributed by atoms with Crippen LogP contribution in [0.15, 0.2) is 51.7 Å². The lowest BCUT2D eigenvalue weighted by atomic mass is 9.57.